The zero-order chi connectivity index (χ0) is 16.9. The van der Waals surface area contributed by atoms with Gasteiger partial charge in [0.1, 0.15) is 11.6 Å². The molecule has 3 nitrogen and oxygen atoms in total. The maximum absolute atomic E-state index is 13.0. The second-order valence-electron chi connectivity index (χ2n) is 5.28. The van der Waals surface area contributed by atoms with E-state index in [-0.39, 0.29) is 5.82 Å². The molecule has 3 aromatic rings. The summed E-state index contributed by atoms with van der Waals surface area (Å²) < 4.78 is 18.2. The molecule has 24 heavy (non-hydrogen) atoms. The van der Waals surface area contributed by atoms with Crippen molar-refractivity contribution in [1.29, 1.82) is 0 Å². The number of aldehydes is 1. The van der Waals surface area contributed by atoms with Crippen LogP contribution in [0.2, 0.25) is 0 Å². The van der Waals surface area contributed by atoms with Crippen LogP contribution >= 0.6 is 0 Å². The highest BCUT2D eigenvalue weighted by Crippen LogP contribution is 2.28. The van der Waals surface area contributed by atoms with E-state index in [2.05, 4.69) is 5.32 Å². The molecule has 0 aromatic heterocycles. The SMILES string of the molecule is COc1ccc(-c2ccc(C=O)c(Nc3ccc(F)cc3)c2)cc1. The average molecular weight is 321 g/mol. The summed E-state index contributed by atoms with van der Waals surface area (Å²) in [5.41, 5.74) is 3.90. The molecule has 0 atom stereocenters. The number of methoxy groups -OCH3 is 1. The summed E-state index contributed by atoms with van der Waals surface area (Å²) >= 11 is 0. The molecule has 0 aliphatic rings. The monoisotopic (exact) mass is 321 g/mol. The number of hydrogen-bond donors (Lipinski definition) is 1. The Balaban J connectivity index is 1.95. The van der Waals surface area contributed by atoms with E-state index in [1.54, 1.807) is 25.3 Å². The van der Waals surface area contributed by atoms with Gasteiger partial charge in [0.25, 0.3) is 0 Å². The van der Waals surface area contributed by atoms with Crippen LogP contribution in [0.1, 0.15) is 10.4 Å². The van der Waals surface area contributed by atoms with E-state index in [4.69, 9.17) is 4.74 Å². The molecule has 3 aromatic carbocycles. The summed E-state index contributed by atoms with van der Waals surface area (Å²) in [5.74, 6) is 0.482. The zero-order valence-corrected chi connectivity index (χ0v) is 13.1. The van der Waals surface area contributed by atoms with E-state index in [0.717, 1.165) is 23.2 Å². The van der Waals surface area contributed by atoms with Gasteiger partial charge in [-0.25, -0.2) is 4.39 Å². The standard InChI is InChI=1S/C20H16FNO2/c1-24-19-10-4-14(5-11-19)15-2-3-16(13-23)20(12-15)22-18-8-6-17(21)7-9-18/h2-13,22H,1H3. The number of rotatable bonds is 5. The number of carbonyl (C=O) groups excluding carboxylic acids is 1. The second-order valence-corrected chi connectivity index (χ2v) is 5.28. The first-order chi connectivity index (χ1) is 11.7. The van der Waals surface area contributed by atoms with Gasteiger partial charge in [-0.15, -0.1) is 0 Å². The molecule has 4 heteroatoms. The number of benzene rings is 3. The fraction of sp³-hybridized carbons (Fsp3) is 0.0500. The van der Waals surface area contributed by atoms with Gasteiger partial charge in [0.05, 0.1) is 7.11 Å². The van der Waals surface area contributed by atoms with Crippen molar-refractivity contribution in [2.24, 2.45) is 0 Å². The molecule has 0 unspecified atom stereocenters. The van der Waals surface area contributed by atoms with Crippen LogP contribution in [0.25, 0.3) is 11.1 Å². The van der Waals surface area contributed by atoms with Gasteiger partial charge in [-0.3, -0.25) is 4.79 Å². The lowest BCUT2D eigenvalue weighted by molar-refractivity contribution is 0.112. The number of carbonyl (C=O) groups is 1. The summed E-state index contributed by atoms with van der Waals surface area (Å²) in [4.78, 5) is 11.3. The van der Waals surface area contributed by atoms with Crippen molar-refractivity contribution in [1.82, 2.24) is 0 Å². The van der Waals surface area contributed by atoms with Crippen molar-refractivity contribution in [2.75, 3.05) is 12.4 Å². The molecular formula is C20H16FNO2. The minimum Gasteiger partial charge on any atom is -0.497 e. The first kappa shape index (κ1) is 15.7. The topological polar surface area (TPSA) is 38.3 Å². The first-order valence-electron chi connectivity index (χ1n) is 7.46. The van der Waals surface area contributed by atoms with Gasteiger partial charge in [0, 0.05) is 16.9 Å². The first-order valence-corrected chi connectivity index (χ1v) is 7.46. The minimum absolute atomic E-state index is 0.303. The van der Waals surface area contributed by atoms with Crippen molar-refractivity contribution in [2.45, 2.75) is 0 Å². The quantitative estimate of drug-likeness (QED) is 0.668. The molecule has 0 fully saturated rings. The molecule has 120 valence electrons. The lowest BCUT2D eigenvalue weighted by atomic mass is 10.0. The molecule has 0 saturated heterocycles. The third kappa shape index (κ3) is 3.43. The Morgan fingerprint density at radius 2 is 1.58 bits per heavy atom. The lowest BCUT2D eigenvalue weighted by Crippen LogP contribution is -1.96. The van der Waals surface area contributed by atoms with Crippen LogP contribution in [-0.2, 0) is 0 Å². The summed E-state index contributed by atoms with van der Waals surface area (Å²) in [6.07, 6.45) is 0.795. The Morgan fingerprint density at radius 1 is 0.917 bits per heavy atom. The van der Waals surface area contributed by atoms with E-state index in [1.165, 1.54) is 12.1 Å². The smallest absolute Gasteiger partial charge is 0.152 e. The van der Waals surface area contributed by atoms with E-state index in [0.29, 0.717) is 16.9 Å². The molecule has 0 aliphatic heterocycles. The van der Waals surface area contributed by atoms with Crippen molar-refractivity contribution >= 4 is 17.7 Å². The average Bonchev–Trinajstić information content (AvgIpc) is 2.63. The predicted octanol–water partition coefficient (Wildman–Crippen LogP) is 5.06. The van der Waals surface area contributed by atoms with E-state index in [9.17, 15) is 9.18 Å². The van der Waals surface area contributed by atoms with Crippen LogP contribution in [-0.4, -0.2) is 13.4 Å². The van der Waals surface area contributed by atoms with Crippen LogP contribution in [0.3, 0.4) is 0 Å². The molecule has 0 heterocycles. The molecule has 0 amide bonds. The van der Waals surface area contributed by atoms with Crippen LogP contribution < -0.4 is 10.1 Å². The summed E-state index contributed by atoms with van der Waals surface area (Å²) in [5, 5.41) is 3.16. The summed E-state index contributed by atoms with van der Waals surface area (Å²) in [6, 6.07) is 19.2. The maximum atomic E-state index is 13.0. The molecule has 1 N–H and O–H groups in total. The van der Waals surface area contributed by atoms with Crippen molar-refractivity contribution < 1.29 is 13.9 Å². The fourth-order valence-corrected chi connectivity index (χ4v) is 2.42. The van der Waals surface area contributed by atoms with Gasteiger partial charge in [-0.05, 0) is 59.7 Å². The largest absolute Gasteiger partial charge is 0.497 e. The van der Waals surface area contributed by atoms with Crippen molar-refractivity contribution in [3.63, 3.8) is 0 Å². The predicted molar refractivity (Wildman–Crippen MR) is 93.5 cm³/mol. The van der Waals surface area contributed by atoms with Crippen LogP contribution in [0.4, 0.5) is 15.8 Å². The molecule has 0 radical (unpaired) electrons. The Hall–Kier alpha value is -3.14. The van der Waals surface area contributed by atoms with Crippen LogP contribution in [0, 0.1) is 5.82 Å². The zero-order valence-electron chi connectivity index (χ0n) is 13.1. The number of hydrogen-bond acceptors (Lipinski definition) is 3. The number of nitrogens with one attached hydrogen (secondary N) is 1. The fourth-order valence-electron chi connectivity index (χ4n) is 2.42. The number of ether oxygens (including phenoxy) is 1. The second kappa shape index (κ2) is 6.96. The molecule has 3 rings (SSSR count). The lowest BCUT2D eigenvalue weighted by Gasteiger charge is -2.12. The van der Waals surface area contributed by atoms with Gasteiger partial charge in [0.2, 0.25) is 0 Å². The highest BCUT2D eigenvalue weighted by molar-refractivity contribution is 5.88. The third-order valence-corrected chi connectivity index (χ3v) is 3.73. The molecule has 0 aliphatic carbocycles. The summed E-state index contributed by atoms with van der Waals surface area (Å²) in [6.45, 7) is 0. The van der Waals surface area contributed by atoms with E-state index in [1.807, 2.05) is 36.4 Å². The van der Waals surface area contributed by atoms with Gasteiger partial charge in [0.15, 0.2) is 6.29 Å². The Labute approximate surface area is 139 Å². The van der Waals surface area contributed by atoms with Gasteiger partial charge >= 0.3 is 0 Å². The van der Waals surface area contributed by atoms with Gasteiger partial charge in [-0.1, -0.05) is 18.2 Å². The Morgan fingerprint density at radius 3 is 2.21 bits per heavy atom. The Kier molecular flexibility index (Phi) is 4.57. The van der Waals surface area contributed by atoms with Gasteiger partial charge < -0.3 is 10.1 Å². The van der Waals surface area contributed by atoms with Crippen molar-refractivity contribution in [3.8, 4) is 16.9 Å². The van der Waals surface area contributed by atoms with E-state index >= 15 is 0 Å². The highest BCUT2D eigenvalue weighted by Gasteiger charge is 2.06. The number of halogens is 1. The van der Waals surface area contributed by atoms with E-state index < -0.39 is 0 Å². The van der Waals surface area contributed by atoms with Crippen LogP contribution in [0.15, 0.2) is 66.7 Å². The maximum Gasteiger partial charge on any atom is 0.152 e. The minimum atomic E-state index is -0.303. The Bertz CT molecular complexity index is 843. The third-order valence-electron chi connectivity index (χ3n) is 3.73. The normalized spacial score (nSPS) is 10.2. The van der Waals surface area contributed by atoms with Crippen LogP contribution in [0.5, 0.6) is 5.75 Å². The molecule has 0 spiro atoms. The van der Waals surface area contributed by atoms with Crippen molar-refractivity contribution in [3.05, 3.63) is 78.1 Å². The summed E-state index contributed by atoms with van der Waals surface area (Å²) in [7, 11) is 1.62. The van der Waals surface area contributed by atoms with Gasteiger partial charge in [-0.2, -0.15) is 0 Å². The molecule has 0 saturated carbocycles. The molecular weight excluding hydrogens is 305 g/mol. The number of anilines is 2. The molecule has 0 bridgehead atoms. The highest BCUT2D eigenvalue weighted by atomic mass is 19.1.